The highest BCUT2D eigenvalue weighted by Gasteiger charge is 2.30. The number of aryl methyl sites for hydroxylation is 1. The standard InChI is InChI=1S/C30H23F2N3O2/c1-17-15-21(31)10-11-22(17)27(19-3-2-4-19)28(20-8-5-18(6-9-20)7-14-26(36)37)23-12-13-25-29(24(23)16-33)30(32)35-34-25/h5-15,19H,2-4H2,1H3,(H,34,35)(H,36,37). The number of aromatic amines is 1. The van der Waals surface area contributed by atoms with Gasteiger partial charge in [-0.25, -0.2) is 9.18 Å². The molecule has 5 nitrogen and oxygen atoms in total. The van der Waals surface area contributed by atoms with E-state index in [4.69, 9.17) is 5.11 Å². The number of benzene rings is 3. The molecule has 7 heteroatoms. The smallest absolute Gasteiger partial charge is 0.328 e. The van der Waals surface area contributed by atoms with Gasteiger partial charge in [-0.3, -0.25) is 5.10 Å². The number of fused-ring (bicyclic) bond motifs is 1. The van der Waals surface area contributed by atoms with Crippen molar-refractivity contribution in [1.29, 1.82) is 5.26 Å². The van der Waals surface area contributed by atoms with Crippen LogP contribution in [0.3, 0.4) is 0 Å². The van der Waals surface area contributed by atoms with Gasteiger partial charge in [-0.1, -0.05) is 42.8 Å². The molecule has 0 radical (unpaired) electrons. The molecule has 1 aromatic heterocycles. The highest BCUT2D eigenvalue weighted by Crippen LogP contribution is 2.47. The van der Waals surface area contributed by atoms with E-state index in [-0.39, 0.29) is 22.7 Å². The van der Waals surface area contributed by atoms with Gasteiger partial charge in [-0.2, -0.15) is 14.8 Å². The summed E-state index contributed by atoms with van der Waals surface area (Å²) >= 11 is 0. The number of nitrogens with zero attached hydrogens (tertiary/aromatic N) is 2. The molecule has 1 saturated carbocycles. The lowest BCUT2D eigenvalue weighted by Gasteiger charge is -2.32. The minimum absolute atomic E-state index is 0.127. The molecule has 3 aromatic carbocycles. The number of carboxylic acid groups (broad SMARTS) is 1. The summed E-state index contributed by atoms with van der Waals surface area (Å²) in [7, 11) is 0. The van der Waals surface area contributed by atoms with E-state index in [1.807, 2.05) is 19.1 Å². The van der Waals surface area contributed by atoms with Gasteiger partial charge in [-0.05, 0) is 83.4 Å². The van der Waals surface area contributed by atoms with Crippen molar-refractivity contribution in [1.82, 2.24) is 10.2 Å². The van der Waals surface area contributed by atoms with Crippen LogP contribution < -0.4 is 0 Å². The monoisotopic (exact) mass is 495 g/mol. The van der Waals surface area contributed by atoms with Gasteiger partial charge >= 0.3 is 5.97 Å². The SMILES string of the molecule is Cc1cc(F)ccc1C(=C(c1ccc(C=CC(=O)O)cc1)c1ccc2n[nH]c(F)c2c1C#N)C1CCC1. The summed E-state index contributed by atoms with van der Waals surface area (Å²) in [5, 5.41) is 25.6. The average Bonchev–Trinajstić information content (AvgIpc) is 3.23. The molecule has 2 N–H and O–H groups in total. The van der Waals surface area contributed by atoms with Gasteiger partial charge in [-0.15, -0.1) is 0 Å². The second-order valence-electron chi connectivity index (χ2n) is 9.20. The Kier molecular flexibility index (Phi) is 6.41. The van der Waals surface area contributed by atoms with E-state index in [9.17, 15) is 18.8 Å². The zero-order valence-corrected chi connectivity index (χ0v) is 20.1. The number of carboxylic acids is 1. The van der Waals surface area contributed by atoms with Gasteiger partial charge in [0.1, 0.15) is 11.9 Å². The molecular weight excluding hydrogens is 472 g/mol. The van der Waals surface area contributed by atoms with E-state index in [0.29, 0.717) is 16.6 Å². The summed E-state index contributed by atoms with van der Waals surface area (Å²) in [5.74, 6) is -1.87. The molecule has 184 valence electrons. The average molecular weight is 496 g/mol. The fourth-order valence-electron chi connectivity index (χ4n) is 4.97. The molecular formula is C30H23F2N3O2. The maximum absolute atomic E-state index is 14.7. The van der Waals surface area contributed by atoms with Crippen LogP contribution in [-0.2, 0) is 4.79 Å². The van der Waals surface area contributed by atoms with Gasteiger partial charge < -0.3 is 5.11 Å². The number of hydrogen-bond acceptors (Lipinski definition) is 3. The highest BCUT2D eigenvalue weighted by molar-refractivity contribution is 6.04. The number of nitriles is 1. The number of nitrogens with one attached hydrogen (secondary N) is 1. The molecule has 0 bridgehead atoms. The normalized spacial score (nSPS) is 14.4. The maximum Gasteiger partial charge on any atom is 0.328 e. The predicted octanol–water partition coefficient (Wildman–Crippen LogP) is 6.88. The van der Waals surface area contributed by atoms with Gasteiger partial charge in [0.15, 0.2) is 0 Å². The highest BCUT2D eigenvalue weighted by atomic mass is 19.1. The Hall–Kier alpha value is -4.57. The lowest BCUT2D eigenvalue weighted by atomic mass is 9.72. The lowest BCUT2D eigenvalue weighted by molar-refractivity contribution is -0.131. The fourth-order valence-corrected chi connectivity index (χ4v) is 4.97. The first kappa shape index (κ1) is 24.1. The first-order chi connectivity index (χ1) is 17.9. The molecule has 1 heterocycles. The first-order valence-corrected chi connectivity index (χ1v) is 12.0. The van der Waals surface area contributed by atoms with Gasteiger partial charge in [0, 0.05) is 11.6 Å². The maximum atomic E-state index is 14.7. The van der Waals surface area contributed by atoms with Crippen LogP contribution in [0.5, 0.6) is 0 Å². The number of hydrogen-bond donors (Lipinski definition) is 2. The zero-order chi connectivity index (χ0) is 26.1. The number of carbonyl (C=O) groups is 1. The van der Waals surface area contributed by atoms with Crippen LogP contribution in [0.25, 0.3) is 28.1 Å². The molecule has 4 aromatic rings. The van der Waals surface area contributed by atoms with Gasteiger partial charge in [0.2, 0.25) is 5.95 Å². The van der Waals surface area contributed by atoms with Crippen LogP contribution >= 0.6 is 0 Å². The number of halogens is 2. The third-order valence-electron chi connectivity index (χ3n) is 6.94. The zero-order valence-electron chi connectivity index (χ0n) is 20.1. The Balaban J connectivity index is 1.84. The molecule has 0 aliphatic heterocycles. The van der Waals surface area contributed by atoms with E-state index < -0.39 is 11.9 Å². The van der Waals surface area contributed by atoms with Crippen molar-refractivity contribution in [3.05, 3.63) is 106 Å². The van der Waals surface area contributed by atoms with Crippen molar-refractivity contribution in [2.24, 2.45) is 5.92 Å². The van der Waals surface area contributed by atoms with Crippen molar-refractivity contribution in [2.75, 3.05) is 0 Å². The number of rotatable bonds is 6. The summed E-state index contributed by atoms with van der Waals surface area (Å²) in [6.07, 6.45) is 5.51. The minimum atomic E-state index is -1.04. The van der Waals surface area contributed by atoms with Crippen LogP contribution in [0, 0.1) is 35.9 Å². The van der Waals surface area contributed by atoms with Crippen LogP contribution in [-0.4, -0.2) is 21.3 Å². The van der Waals surface area contributed by atoms with E-state index in [1.54, 1.807) is 30.3 Å². The fraction of sp³-hybridized carbons (Fsp3) is 0.167. The molecule has 0 spiro atoms. The predicted molar refractivity (Wildman–Crippen MR) is 138 cm³/mol. The van der Waals surface area contributed by atoms with Crippen LogP contribution in [0.2, 0.25) is 0 Å². The Morgan fingerprint density at radius 3 is 2.46 bits per heavy atom. The summed E-state index contributed by atoms with van der Waals surface area (Å²) in [4.78, 5) is 10.9. The molecule has 1 aliphatic rings. The van der Waals surface area contributed by atoms with Gasteiger partial charge in [0.25, 0.3) is 0 Å². The van der Waals surface area contributed by atoms with E-state index in [0.717, 1.165) is 53.2 Å². The number of allylic oxidation sites excluding steroid dienone is 1. The largest absolute Gasteiger partial charge is 0.478 e. The molecule has 37 heavy (non-hydrogen) atoms. The Labute approximate surface area is 212 Å². The molecule has 0 amide bonds. The summed E-state index contributed by atoms with van der Waals surface area (Å²) in [6, 6.07) is 17.7. The summed E-state index contributed by atoms with van der Waals surface area (Å²) in [5.41, 5.74) is 5.99. The van der Waals surface area contributed by atoms with Crippen LogP contribution in [0.1, 0.15) is 52.6 Å². The molecule has 0 saturated heterocycles. The van der Waals surface area contributed by atoms with Crippen molar-refractivity contribution in [3.8, 4) is 6.07 Å². The third-order valence-corrected chi connectivity index (χ3v) is 6.94. The van der Waals surface area contributed by atoms with Crippen LogP contribution in [0.15, 0.2) is 60.7 Å². The number of aromatic nitrogens is 2. The molecule has 1 aliphatic carbocycles. The molecule has 5 rings (SSSR count). The number of aliphatic carboxylic acids is 1. The second-order valence-corrected chi connectivity index (χ2v) is 9.20. The summed E-state index contributed by atoms with van der Waals surface area (Å²) < 4.78 is 28.8. The molecule has 0 unspecified atom stereocenters. The van der Waals surface area contributed by atoms with Crippen molar-refractivity contribution >= 4 is 34.1 Å². The van der Waals surface area contributed by atoms with E-state index in [1.165, 1.54) is 18.2 Å². The Morgan fingerprint density at radius 1 is 1.11 bits per heavy atom. The topological polar surface area (TPSA) is 89.8 Å². The third kappa shape index (κ3) is 4.54. The Morgan fingerprint density at radius 2 is 1.84 bits per heavy atom. The van der Waals surface area contributed by atoms with Crippen molar-refractivity contribution in [2.45, 2.75) is 26.2 Å². The quantitative estimate of drug-likeness (QED) is 0.225. The van der Waals surface area contributed by atoms with Gasteiger partial charge in [0.05, 0.1) is 16.5 Å². The Bertz CT molecular complexity index is 1620. The van der Waals surface area contributed by atoms with Crippen LogP contribution in [0.4, 0.5) is 8.78 Å². The number of H-pyrrole nitrogens is 1. The van der Waals surface area contributed by atoms with E-state index in [2.05, 4.69) is 16.3 Å². The molecule has 1 fully saturated rings. The summed E-state index contributed by atoms with van der Waals surface area (Å²) in [6.45, 7) is 1.86. The lowest BCUT2D eigenvalue weighted by Crippen LogP contribution is -2.16. The van der Waals surface area contributed by atoms with Crippen molar-refractivity contribution < 1.29 is 18.7 Å². The second kappa shape index (κ2) is 9.82. The minimum Gasteiger partial charge on any atom is -0.478 e. The first-order valence-electron chi connectivity index (χ1n) is 12.0. The van der Waals surface area contributed by atoms with E-state index >= 15 is 0 Å². The molecule has 0 atom stereocenters. The van der Waals surface area contributed by atoms with Crippen molar-refractivity contribution in [3.63, 3.8) is 0 Å².